The van der Waals surface area contributed by atoms with Gasteiger partial charge in [0.05, 0.1) is 18.6 Å². The molecule has 0 unspecified atom stereocenters. The van der Waals surface area contributed by atoms with Gasteiger partial charge in [0.1, 0.15) is 5.75 Å². The zero-order chi connectivity index (χ0) is 19.0. The van der Waals surface area contributed by atoms with Gasteiger partial charge < -0.3 is 14.8 Å². The van der Waals surface area contributed by atoms with Gasteiger partial charge in [0.2, 0.25) is 10.0 Å². The van der Waals surface area contributed by atoms with Crippen molar-refractivity contribution in [3.63, 3.8) is 0 Å². The lowest BCUT2D eigenvalue weighted by Crippen LogP contribution is -2.27. The van der Waals surface area contributed by atoms with Crippen LogP contribution in [0.1, 0.15) is 15.9 Å². The van der Waals surface area contributed by atoms with Crippen LogP contribution < -0.4 is 14.8 Å². The van der Waals surface area contributed by atoms with Gasteiger partial charge in [-0.05, 0) is 35.9 Å². The van der Waals surface area contributed by atoms with E-state index in [1.54, 1.807) is 37.4 Å². The summed E-state index contributed by atoms with van der Waals surface area (Å²) in [6.07, 6.45) is 0. The number of rotatable bonds is 9. The van der Waals surface area contributed by atoms with Gasteiger partial charge in [-0.25, -0.2) is 13.1 Å². The molecule has 2 rings (SSSR count). The van der Waals surface area contributed by atoms with Gasteiger partial charge >= 0.3 is 0 Å². The molecular formula is C18H22N2O5S. The predicted molar refractivity (Wildman–Crippen MR) is 97.7 cm³/mol. The van der Waals surface area contributed by atoms with Gasteiger partial charge in [-0.2, -0.15) is 0 Å². The monoisotopic (exact) mass is 378 g/mol. The molecule has 0 aromatic heterocycles. The number of carbonyl (C=O) groups excluding carboxylic acids is 1. The lowest BCUT2D eigenvalue weighted by molar-refractivity contribution is 0.0937. The molecule has 0 aliphatic carbocycles. The number of hydrogen-bond acceptors (Lipinski definition) is 5. The lowest BCUT2D eigenvalue weighted by Gasteiger charge is -2.09. The summed E-state index contributed by atoms with van der Waals surface area (Å²) in [4.78, 5) is 12.1. The number of benzene rings is 2. The Morgan fingerprint density at radius 1 is 1.08 bits per heavy atom. The van der Waals surface area contributed by atoms with Crippen molar-refractivity contribution in [1.29, 1.82) is 0 Å². The molecule has 0 bridgehead atoms. The highest BCUT2D eigenvalue weighted by Crippen LogP contribution is 2.14. The minimum Gasteiger partial charge on any atom is -0.497 e. The van der Waals surface area contributed by atoms with E-state index in [4.69, 9.17) is 9.47 Å². The Balaban J connectivity index is 2.05. The van der Waals surface area contributed by atoms with E-state index in [1.165, 1.54) is 25.3 Å². The largest absolute Gasteiger partial charge is 0.497 e. The van der Waals surface area contributed by atoms with Crippen molar-refractivity contribution in [3.05, 3.63) is 59.7 Å². The molecule has 0 saturated carbocycles. The maximum absolute atomic E-state index is 12.5. The number of carbonyl (C=O) groups is 1. The van der Waals surface area contributed by atoms with Crippen LogP contribution in [0, 0.1) is 0 Å². The van der Waals surface area contributed by atoms with Crippen LogP contribution >= 0.6 is 0 Å². The standard InChI is InChI=1S/C18H22N2O5S/c1-24-11-10-19-18(21)15-4-3-5-17(12-15)26(22,23)20-13-14-6-8-16(25-2)9-7-14/h3-9,12,20H,10-11,13H2,1-2H3,(H,19,21). The van der Waals surface area contributed by atoms with Gasteiger partial charge in [0.25, 0.3) is 5.91 Å². The van der Waals surface area contributed by atoms with E-state index in [9.17, 15) is 13.2 Å². The van der Waals surface area contributed by atoms with Crippen LogP contribution in [0.15, 0.2) is 53.4 Å². The van der Waals surface area contributed by atoms with E-state index < -0.39 is 10.0 Å². The van der Waals surface area contributed by atoms with Crippen LogP contribution in [0.5, 0.6) is 5.75 Å². The molecule has 0 atom stereocenters. The first-order valence-corrected chi connectivity index (χ1v) is 9.44. The highest BCUT2D eigenvalue weighted by atomic mass is 32.2. The first-order chi connectivity index (χ1) is 12.5. The molecule has 140 valence electrons. The lowest BCUT2D eigenvalue weighted by atomic mass is 10.2. The summed E-state index contributed by atoms with van der Waals surface area (Å²) >= 11 is 0. The summed E-state index contributed by atoms with van der Waals surface area (Å²) in [7, 11) is -0.640. The molecule has 2 aromatic rings. The summed E-state index contributed by atoms with van der Waals surface area (Å²) in [5.41, 5.74) is 1.07. The molecule has 0 fully saturated rings. The van der Waals surface area contributed by atoms with E-state index in [1.807, 2.05) is 0 Å². The molecular weight excluding hydrogens is 356 g/mol. The smallest absolute Gasteiger partial charge is 0.251 e. The highest BCUT2D eigenvalue weighted by Gasteiger charge is 2.16. The van der Waals surface area contributed by atoms with Gasteiger partial charge in [-0.1, -0.05) is 18.2 Å². The SMILES string of the molecule is COCCNC(=O)c1cccc(S(=O)(=O)NCc2ccc(OC)cc2)c1. The normalized spacial score (nSPS) is 11.2. The van der Waals surface area contributed by atoms with Gasteiger partial charge in [-0.3, -0.25) is 4.79 Å². The Labute approximate surface area is 153 Å². The number of sulfonamides is 1. The highest BCUT2D eigenvalue weighted by molar-refractivity contribution is 7.89. The van der Waals surface area contributed by atoms with E-state index in [2.05, 4.69) is 10.0 Å². The maximum Gasteiger partial charge on any atom is 0.251 e. The first-order valence-electron chi connectivity index (χ1n) is 7.96. The third-order valence-corrected chi connectivity index (χ3v) is 5.02. The molecule has 0 radical (unpaired) electrons. The van der Waals surface area contributed by atoms with E-state index in [0.717, 1.165) is 5.56 Å². The molecule has 0 spiro atoms. The summed E-state index contributed by atoms with van der Waals surface area (Å²) in [6.45, 7) is 0.867. The Morgan fingerprint density at radius 2 is 1.81 bits per heavy atom. The van der Waals surface area contributed by atoms with E-state index in [-0.39, 0.29) is 22.9 Å². The Kier molecular flexibility index (Phi) is 7.14. The van der Waals surface area contributed by atoms with Crippen molar-refractivity contribution in [2.45, 2.75) is 11.4 Å². The Morgan fingerprint density at radius 3 is 2.46 bits per heavy atom. The molecule has 2 N–H and O–H groups in total. The summed E-state index contributed by atoms with van der Waals surface area (Å²) in [6, 6.07) is 13.0. The number of nitrogens with one attached hydrogen (secondary N) is 2. The van der Waals surface area contributed by atoms with Crippen LogP contribution in [0.3, 0.4) is 0 Å². The third-order valence-electron chi connectivity index (χ3n) is 3.62. The van der Waals surface area contributed by atoms with Crippen molar-refractivity contribution in [2.24, 2.45) is 0 Å². The number of ether oxygens (including phenoxy) is 2. The second-order valence-electron chi connectivity index (χ2n) is 5.45. The van der Waals surface area contributed by atoms with Crippen LogP contribution in [-0.2, 0) is 21.3 Å². The first kappa shape index (κ1) is 19.9. The molecule has 8 heteroatoms. The van der Waals surface area contributed by atoms with Gasteiger partial charge in [-0.15, -0.1) is 0 Å². The van der Waals surface area contributed by atoms with Crippen molar-refractivity contribution >= 4 is 15.9 Å². The topological polar surface area (TPSA) is 93.7 Å². The van der Waals surface area contributed by atoms with Crippen LogP contribution in [-0.4, -0.2) is 41.7 Å². The molecule has 26 heavy (non-hydrogen) atoms. The van der Waals surface area contributed by atoms with E-state index >= 15 is 0 Å². The zero-order valence-electron chi connectivity index (χ0n) is 14.7. The second-order valence-corrected chi connectivity index (χ2v) is 7.22. The number of hydrogen-bond donors (Lipinski definition) is 2. The quantitative estimate of drug-likeness (QED) is 0.646. The molecule has 0 saturated heterocycles. The summed E-state index contributed by atoms with van der Waals surface area (Å²) in [5.74, 6) is 0.345. The molecule has 0 heterocycles. The van der Waals surface area contributed by atoms with Crippen LogP contribution in [0.2, 0.25) is 0 Å². The Hall–Kier alpha value is -2.42. The van der Waals surface area contributed by atoms with Crippen molar-refractivity contribution in [1.82, 2.24) is 10.0 Å². The second kappa shape index (κ2) is 9.33. The summed E-state index contributed by atoms with van der Waals surface area (Å²) < 4.78 is 37.4. The van der Waals surface area contributed by atoms with Crippen molar-refractivity contribution in [2.75, 3.05) is 27.4 Å². The third kappa shape index (κ3) is 5.55. The van der Waals surface area contributed by atoms with Crippen LogP contribution in [0.4, 0.5) is 0 Å². The number of amides is 1. The molecule has 0 aliphatic heterocycles. The average molecular weight is 378 g/mol. The fourth-order valence-electron chi connectivity index (χ4n) is 2.18. The minimum absolute atomic E-state index is 0.0328. The van der Waals surface area contributed by atoms with Crippen LogP contribution in [0.25, 0.3) is 0 Å². The minimum atomic E-state index is -3.74. The van der Waals surface area contributed by atoms with Crippen molar-refractivity contribution < 1.29 is 22.7 Å². The maximum atomic E-state index is 12.5. The molecule has 1 amide bonds. The Bertz CT molecular complexity index is 835. The van der Waals surface area contributed by atoms with Crippen molar-refractivity contribution in [3.8, 4) is 5.75 Å². The fraction of sp³-hybridized carbons (Fsp3) is 0.278. The number of methoxy groups -OCH3 is 2. The predicted octanol–water partition coefficient (Wildman–Crippen LogP) is 1.55. The fourth-order valence-corrected chi connectivity index (χ4v) is 3.24. The van der Waals surface area contributed by atoms with Gasteiger partial charge in [0, 0.05) is 25.8 Å². The zero-order valence-corrected chi connectivity index (χ0v) is 15.5. The molecule has 7 nitrogen and oxygen atoms in total. The molecule has 2 aromatic carbocycles. The van der Waals surface area contributed by atoms with E-state index in [0.29, 0.717) is 18.9 Å². The average Bonchev–Trinajstić information content (AvgIpc) is 2.67. The van der Waals surface area contributed by atoms with Gasteiger partial charge in [0.15, 0.2) is 0 Å². The summed E-state index contributed by atoms with van der Waals surface area (Å²) in [5, 5.41) is 2.66. The molecule has 0 aliphatic rings.